The summed E-state index contributed by atoms with van der Waals surface area (Å²) in [6.45, 7) is 4.00. The Bertz CT molecular complexity index is 1080. The zero-order valence-electron chi connectivity index (χ0n) is 16.6. The highest BCUT2D eigenvalue weighted by atomic mass is 32.2. The van der Waals surface area contributed by atoms with E-state index in [1.54, 1.807) is 24.3 Å². The number of hydrogen-bond acceptors (Lipinski definition) is 4. The molecule has 0 amide bonds. The third-order valence-corrected chi connectivity index (χ3v) is 5.99. The highest BCUT2D eigenvalue weighted by Crippen LogP contribution is 2.34. The van der Waals surface area contributed by atoms with Crippen LogP contribution in [0.5, 0.6) is 5.75 Å². The lowest BCUT2D eigenvalue weighted by atomic mass is 10.0. The van der Waals surface area contributed by atoms with Crippen LogP contribution in [0.2, 0.25) is 0 Å². The predicted molar refractivity (Wildman–Crippen MR) is 115 cm³/mol. The number of rotatable bonds is 8. The van der Waals surface area contributed by atoms with Crippen LogP contribution in [-0.2, 0) is 23.1 Å². The van der Waals surface area contributed by atoms with Gasteiger partial charge in [-0.1, -0.05) is 48.5 Å². The van der Waals surface area contributed by atoms with E-state index in [9.17, 15) is 13.5 Å². The monoisotopic (exact) mass is 411 g/mol. The predicted octanol–water partition coefficient (Wildman–Crippen LogP) is 4.22. The Morgan fingerprint density at radius 1 is 0.966 bits per heavy atom. The second-order valence-electron chi connectivity index (χ2n) is 6.91. The Morgan fingerprint density at radius 2 is 1.72 bits per heavy atom. The number of aryl methyl sites for hydroxylation is 2. The van der Waals surface area contributed by atoms with Crippen LogP contribution in [0.1, 0.15) is 22.3 Å². The van der Waals surface area contributed by atoms with Gasteiger partial charge in [0.1, 0.15) is 12.4 Å². The Hall–Kier alpha value is -2.83. The maximum atomic E-state index is 12.9. The molecule has 0 aromatic heterocycles. The summed E-state index contributed by atoms with van der Waals surface area (Å²) in [6.07, 6.45) is 0.371. The molecule has 0 aliphatic heterocycles. The van der Waals surface area contributed by atoms with Crippen LogP contribution in [0.15, 0.2) is 71.6 Å². The molecule has 6 heteroatoms. The van der Waals surface area contributed by atoms with Gasteiger partial charge < -0.3 is 9.84 Å². The maximum Gasteiger partial charge on any atom is 0.262 e. The molecule has 0 saturated carbocycles. The number of hydrogen-bond donors (Lipinski definition) is 2. The SMILES string of the molecule is Cc1cccc(S(=O)(=O)Nc2ccc(C)c(CCO)c2OCc2ccccc2)c1. The minimum atomic E-state index is -3.78. The second kappa shape index (κ2) is 9.11. The third kappa shape index (κ3) is 5.16. The summed E-state index contributed by atoms with van der Waals surface area (Å²) in [5.41, 5.74) is 3.90. The van der Waals surface area contributed by atoms with Gasteiger partial charge in [-0.15, -0.1) is 0 Å². The number of anilines is 1. The van der Waals surface area contributed by atoms with E-state index in [2.05, 4.69) is 4.72 Å². The fourth-order valence-electron chi connectivity index (χ4n) is 3.11. The van der Waals surface area contributed by atoms with E-state index >= 15 is 0 Å². The number of benzene rings is 3. The molecule has 0 spiro atoms. The first-order chi connectivity index (χ1) is 13.9. The lowest BCUT2D eigenvalue weighted by Gasteiger charge is -2.19. The molecule has 3 aromatic rings. The average Bonchev–Trinajstić information content (AvgIpc) is 2.70. The molecule has 0 saturated heterocycles. The van der Waals surface area contributed by atoms with Crippen molar-refractivity contribution in [2.24, 2.45) is 0 Å². The first-order valence-electron chi connectivity index (χ1n) is 9.40. The van der Waals surface area contributed by atoms with Gasteiger partial charge in [0.15, 0.2) is 0 Å². The zero-order valence-corrected chi connectivity index (χ0v) is 17.4. The van der Waals surface area contributed by atoms with E-state index in [0.29, 0.717) is 24.5 Å². The fraction of sp³-hybridized carbons (Fsp3) is 0.217. The summed E-state index contributed by atoms with van der Waals surface area (Å²) in [4.78, 5) is 0.191. The average molecular weight is 412 g/mol. The van der Waals surface area contributed by atoms with Gasteiger partial charge in [-0.25, -0.2) is 8.42 Å². The summed E-state index contributed by atoms with van der Waals surface area (Å²) in [7, 11) is -3.78. The van der Waals surface area contributed by atoms with Gasteiger partial charge in [0, 0.05) is 12.2 Å². The van der Waals surface area contributed by atoms with Gasteiger partial charge in [0.05, 0.1) is 10.6 Å². The van der Waals surface area contributed by atoms with Crippen molar-refractivity contribution in [3.8, 4) is 5.75 Å². The van der Waals surface area contributed by atoms with Gasteiger partial charge >= 0.3 is 0 Å². The molecule has 0 atom stereocenters. The Kier molecular flexibility index (Phi) is 6.56. The van der Waals surface area contributed by atoms with Crippen LogP contribution < -0.4 is 9.46 Å². The van der Waals surface area contributed by atoms with Crippen molar-refractivity contribution in [3.63, 3.8) is 0 Å². The summed E-state index contributed by atoms with van der Waals surface area (Å²) < 4.78 is 34.6. The molecule has 0 aliphatic rings. The molecule has 152 valence electrons. The van der Waals surface area contributed by atoms with Crippen molar-refractivity contribution in [1.82, 2.24) is 0 Å². The molecule has 3 aromatic carbocycles. The van der Waals surface area contributed by atoms with Gasteiger partial charge in [0.25, 0.3) is 10.0 Å². The van der Waals surface area contributed by atoms with E-state index in [0.717, 1.165) is 22.3 Å². The second-order valence-corrected chi connectivity index (χ2v) is 8.59. The number of sulfonamides is 1. The van der Waals surface area contributed by atoms with Crippen LogP contribution in [0.25, 0.3) is 0 Å². The van der Waals surface area contributed by atoms with Crippen LogP contribution in [-0.4, -0.2) is 20.1 Å². The standard InChI is InChI=1S/C23H25NO4S/c1-17-7-6-10-20(15-17)29(26,27)24-22-12-11-18(2)21(13-14-25)23(22)28-16-19-8-4-3-5-9-19/h3-12,15,24-25H,13-14,16H2,1-2H3. The number of aliphatic hydroxyl groups excluding tert-OH is 1. The molecule has 0 bridgehead atoms. The molecule has 0 heterocycles. The van der Waals surface area contributed by atoms with E-state index in [-0.39, 0.29) is 11.5 Å². The highest BCUT2D eigenvalue weighted by molar-refractivity contribution is 7.92. The van der Waals surface area contributed by atoms with Crippen molar-refractivity contribution in [3.05, 3.63) is 89.0 Å². The molecule has 5 nitrogen and oxygen atoms in total. The quantitative estimate of drug-likeness (QED) is 0.582. The number of ether oxygens (including phenoxy) is 1. The normalized spacial score (nSPS) is 11.3. The van der Waals surface area contributed by atoms with Crippen molar-refractivity contribution < 1.29 is 18.3 Å². The van der Waals surface area contributed by atoms with Crippen molar-refractivity contribution in [2.75, 3.05) is 11.3 Å². The van der Waals surface area contributed by atoms with Gasteiger partial charge in [-0.05, 0) is 55.2 Å². The highest BCUT2D eigenvalue weighted by Gasteiger charge is 2.20. The van der Waals surface area contributed by atoms with Crippen molar-refractivity contribution in [2.45, 2.75) is 31.8 Å². The van der Waals surface area contributed by atoms with Crippen LogP contribution in [0.4, 0.5) is 5.69 Å². The third-order valence-electron chi connectivity index (χ3n) is 4.63. The molecule has 0 unspecified atom stereocenters. The first kappa shape index (κ1) is 20.9. The largest absolute Gasteiger partial charge is 0.486 e. The Morgan fingerprint density at radius 3 is 2.41 bits per heavy atom. The van der Waals surface area contributed by atoms with Crippen molar-refractivity contribution >= 4 is 15.7 Å². The van der Waals surface area contributed by atoms with Crippen LogP contribution in [0, 0.1) is 13.8 Å². The van der Waals surface area contributed by atoms with Crippen molar-refractivity contribution in [1.29, 1.82) is 0 Å². The smallest absolute Gasteiger partial charge is 0.262 e. The van der Waals surface area contributed by atoms with Crippen LogP contribution in [0.3, 0.4) is 0 Å². The Labute approximate surface area is 172 Å². The fourth-order valence-corrected chi connectivity index (χ4v) is 4.28. The topological polar surface area (TPSA) is 75.6 Å². The van der Waals surface area contributed by atoms with E-state index in [4.69, 9.17) is 4.74 Å². The summed E-state index contributed by atoms with van der Waals surface area (Å²) in [5, 5.41) is 9.49. The van der Waals surface area contributed by atoms with E-state index in [1.165, 1.54) is 0 Å². The summed E-state index contributed by atoms with van der Waals surface area (Å²) in [5.74, 6) is 0.444. The molecule has 0 fully saturated rings. The molecule has 0 aliphatic carbocycles. The Balaban J connectivity index is 1.97. The minimum absolute atomic E-state index is 0.0589. The number of nitrogens with one attached hydrogen (secondary N) is 1. The van der Waals surface area contributed by atoms with Gasteiger partial charge in [-0.3, -0.25) is 4.72 Å². The van der Waals surface area contributed by atoms with E-state index < -0.39 is 10.0 Å². The molecular formula is C23H25NO4S. The van der Waals surface area contributed by atoms with Crippen LogP contribution >= 0.6 is 0 Å². The lowest BCUT2D eigenvalue weighted by Crippen LogP contribution is -2.15. The van der Waals surface area contributed by atoms with E-state index in [1.807, 2.05) is 56.3 Å². The minimum Gasteiger partial charge on any atom is -0.486 e. The molecule has 29 heavy (non-hydrogen) atoms. The molecular weight excluding hydrogens is 386 g/mol. The maximum absolute atomic E-state index is 12.9. The molecule has 2 N–H and O–H groups in total. The molecule has 3 rings (SSSR count). The lowest BCUT2D eigenvalue weighted by molar-refractivity contribution is 0.284. The van der Waals surface area contributed by atoms with Gasteiger partial charge in [-0.2, -0.15) is 0 Å². The first-order valence-corrected chi connectivity index (χ1v) is 10.9. The number of aliphatic hydroxyl groups is 1. The summed E-state index contributed by atoms with van der Waals surface area (Å²) in [6, 6.07) is 19.9. The van der Waals surface area contributed by atoms with Gasteiger partial charge in [0.2, 0.25) is 0 Å². The summed E-state index contributed by atoms with van der Waals surface area (Å²) >= 11 is 0. The molecule has 0 radical (unpaired) electrons. The zero-order chi connectivity index (χ0) is 20.9.